The van der Waals surface area contributed by atoms with Crippen LogP contribution >= 0.6 is 0 Å². The van der Waals surface area contributed by atoms with Gasteiger partial charge in [-0.1, -0.05) is 159 Å². The molecule has 0 aliphatic heterocycles. The molecule has 0 bridgehead atoms. The number of hydrogen-bond acceptors (Lipinski definition) is 3. The summed E-state index contributed by atoms with van der Waals surface area (Å²) >= 11 is 0. The van der Waals surface area contributed by atoms with Gasteiger partial charge in [0.05, 0.1) is 17.5 Å². The van der Waals surface area contributed by atoms with Gasteiger partial charge in [-0.3, -0.25) is 0 Å². The molecule has 1 aliphatic rings. The van der Waals surface area contributed by atoms with Crippen molar-refractivity contribution in [1.82, 2.24) is 0 Å². The lowest BCUT2D eigenvalue weighted by Crippen LogP contribution is -2.20. The van der Waals surface area contributed by atoms with Gasteiger partial charge in [-0.05, 0) is 152 Å². The van der Waals surface area contributed by atoms with Crippen molar-refractivity contribution >= 4 is 115 Å². The Bertz CT molecular complexity index is 3800. The highest BCUT2D eigenvalue weighted by Crippen LogP contribution is 2.52. The molecule has 0 spiro atoms. The molecule has 0 unspecified atom stereocenters. The van der Waals surface area contributed by atoms with Crippen molar-refractivity contribution in [1.29, 1.82) is 0 Å². The first-order valence-corrected chi connectivity index (χ1v) is 24.7. The fraction of sp³-hybridized carbons (Fsp3) is 0.121. The molecule has 0 radical (unpaired) electrons. The minimum absolute atomic E-state index is 0.155. The Hall–Kier alpha value is -8.14. The lowest BCUT2D eigenvalue weighted by atomic mass is 9.87. The number of ether oxygens (including phenoxy) is 1. The zero-order valence-electron chi connectivity index (χ0n) is 39.0. The fourth-order valence-electron chi connectivity index (χ4n) is 11.4. The molecule has 69 heavy (non-hydrogen) atoms. The smallest absolute Gasteiger partial charge is 0.129 e. The molecule has 3 heteroatoms. The molecule has 0 saturated heterocycles. The maximum Gasteiger partial charge on any atom is 0.129 e. The third kappa shape index (κ3) is 7.11. The van der Waals surface area contributed by atoms with Crippen molar-refractivity contribution in [2.75, 3.05) is 9.80 Å². The second kappa shape index (κ2) is 16.9. The number of anilines is 6. The Morgan fingerprint density at radius 2 is 0.797 bits per heavy atom. The Balaban J connectivity index is 1.14. The van der Waals surface area contributed by atoms with E-state index in [4.69, 9.17) is 11.3 Å². The molecule has 13 rings (SSSR count). The van der Waals surface area contributed by atoms with Crippen molar-refractivity contribution in [3.63, 3.8) is 0 Å². The van der Waals surface area contributed by atoms with Crippen molar-refractivity contribution < 1.29 is 4.74 Å². The van der Waals surface area contributed by atoms with Crippen LogP contribution in [-0.4, -0.2) is 6.10 Å². The Morgan fingerprint density at radius 1 is 0.420 bits per heavy atom. The van der Waals surface area contributed by atoms with E-state index >= 15 is 0 Å². The van der Waals surface area contributed by atoms with E-state index in [2.05, 4.69) is 223 Å². The monoisotopic (exact) mass is 888 g/mol. The van der Waals surface area contributed by atoms with Crippen LogP contribution in [0, 0.1) is 0 Å². The molecule has 0 N–H and O–H groups in total. The summed E-state index contributed by atoms with van der Waals surface area (Å²) in [5.41, 5.74) is 8.90. The van der Waals surface area contributed by atoms with E-state index in [1.807, 2.05) is 0 Å². The Labute approximate surface area is 403 Å². The quantitative estimate of drug-likeness (QED) is 0.127. The largest absolute Gasteiger partial charge is 0.490 e. The number of rotatable bonds is 10. The third-order valence-electron chi connectivity index (χ3n) is 14.9. The predicted molar refractivity (Wildman–Crippen MR) is 296 cm³/mol. The molecule has 1 saturated carbocycles. The van der Waals surface area contributed by atoms with Crippen molar-refractivity contribution in [3.05, 3.63) is 218 Å². The van der Waals surface area contributed by atoms with Crippen LogP contribution in [0.25, 0.3) is 81.0 Å². The van der Waals surface area contributed by atoms with Crippen LogP contribution in [-0.2, 0) is 0 Å². The highest BCUT2D eigenvalue weighted by molar-refractivity contribution is 6.31. The van der Waals surface area contributed by atoms with Gasteiger partial charge < -0.3 is 14.5 Å². The van der Waals surface area contributed by atoms with E-state index in [0.29, 0.717) is 0 Å². The number of allylic oxidation sites excluding steroid dienone is 1. The number of nitrogens with zero attached hydrogens (tertiary/aromatic N) is 2. The molecule has 0 heterocycles. The van der Waals surface area contributed by atoms with E-state index in [9.17, 15) is 0 Å². The molecule has 3 nitrogen and oxygen atoms in total. The summed E-state index contributed by atoms with van der Waals surface area (Å²) in [6.45, 7) is 7.00. The Kier molecular flexibility index (Phi) is 10.0. The molecular formula is C66H52N2O. The van der Waals surface area contributed by atoms with Gasteiger partial charge in [0.15, 0.2) is 0 Å². The summed E-state index contributed by atoms with van der Waals surface area (Å²) < 4.78 is 7.36. The first-order valence-electron chi connectivity index (χ1n) is 24.7. The van der Waals surface area contributed by atoms with Gasteiger partial charge in [-0.15, -0.1) is 0 Å². The number of hydrogen-bond donors (Lipinski definition) is 0. The molecule has 12 aromatic rings. The standard InChI is InChI=1S/C66H52N2O/c1-3-43(2)61-41-62(67(52-29-25-44-15-7-11-19-48(44)37-52)53-30-26-45-16-8-12-20-49(45)38-53)58-35-36-60-64(69-56-23-5-4-6-24-56)42-63(59-34-33-57(61)65(58)66(59)60)68(54-31-27-46-17-9-13-21-50(46)39-54)55-32-28-47-18-10-14-22-51(47)40-55/h7-22,25-42,56H,2-6,23-24H2,1H3. The van der Waals surface area contributed by atoms with Crippen LogP contribution in [0.1, 0.15) is 51.0 Å². The first-order chi connectivity index (χ1) is 34.1. The van der Waals surface area contributed by atoms with E-state index < -0.39 is 0 Å². The third-order valence-corrected chi connectivity index (χ3v) is 14.9. The minimum Gasteiger partial charge on any atom is -0.490 e. The second-order valence-electron chi connectivity index (χ2n) is 19.0. The normalized spacial score (nSPS) is 13.3. The summed E-state index contributed by atoms with van der Waals surface area (Å²) in [5.74, 6) is 0.938. The number of benzene rings is 12. The maximum absolute atomic E-state index is 7.36. The predicted octanol–water partition coefficient (Wildman–Crippen LogP) is 19.3. The summed E-state index contributed by atoms with van der Waals surface area (Å²) in [5, 5.41) is 16.8. The van der Waals surface area contributed by atoms with Gasteiger partial charge in [0.1, 0.15) is 5.75 Å². The summed E-state index contributed by atoms with van der Waals surface area (Å²) in [7, 11) is 0. The van der Waals surface area contributed by atoms with Gasteiger partial charge in [-0.2, -0.15) is 0 Å². The van der Waals surface area contributed by atoms with Gasteiger partial charge in [0.2, 0.25) is 0 Å². The maximum atomic E-state index is 7.36. The average Bonchev–Trinajstić information content (AvgIpc) is 3.41. The van der Waals surface area contributed by atoms with E-state index in [1.54, 1.807) is 0 Å². The average molecular weight is 889 g/mol. The van der Waals surface area contributed by atoms with Crippen LogP contribution in [0.15, 0.2) is 213 Å². The lowest BCUT2D eigenvalue weighted by Gasteiger charge is -2.32. The van der Waals surface area contributed by atoms with Crippen LogP contribution in [0.4, 0.5) is 34.1 Å². The summed E-state index contributed by atoms with van der Waals surface area (Å²) in [6, 6.07) is 76.4. The minimum atomic E-state index is 0.155. The second-order valence-corrected chi connectivity index (χ2v) is 19.0. The topological polar surface area (TPSA) is 15.7 Å². The highest BCUT2D eigenvalue weighted by atomic mass is 16.5. The SMILES string of the molecule is C=C(CC)c1cc(N(c2ccc3ccccc3c2)c2ccc3ccccc3c2)c2ccc3c(OC4CCCCC4)cc(N(c4ccc5ccccc5c4)c4ccc5ccccc5c4)c4ccc1c2c34. The van der Waals surface area contributed by atoms with Gasteiger partial charge in [-0.25, -0.2) is 0 Å². The van der Waals surface area contributed by atoms with E-state index in [1.165, 1.54) is 94.8 Å². The van der Waals surface area contributed by atoms with Crippen LogP contribution in [0.3, 0.4) is 0 Å². The number of fused-ring (bicyclic) bond motifs is 4. The molecule has 0 aromatic heterocycles. The van der Waals surface area contributed by atoms with Crippen LogP contribution in [0.5, 0.6) is 5.75 Å². The van der Waals surface area contributed by atoms with Gasteiger partial charge in [0.25, 0.3) is 0 Å². The van der Waals surface area contributed by atoms with Crippen molar-refractivity contribution in [2.24, 2.45) is 0 Å². The van der Waals surface area contributed by atoms with Crippen LogP contribution < -0.4 is 14.5 Å². The molecule has 0 amide bonds. The zero-order valence-corrected chi connectivity index (χ0v) is 39.0. The zero-order chi connectivity index (χ0) is 46.0. The Morgan fingerprint density at radius 3 is 1.23 bits per heavy atom. The van der Waals surface area contributed by atoms with Crippen LogP contribution in [0.2, 0.25) is 0 Å². The fourth-order valence-corrected chi connectivity index (χ4v) is 11.4. The first kappa shape index (κ1) is 41.1. The molecular weight excluding hydrogens is 837 g/mol. The van der Waals surface area contributed by atoms with E-state index in [-0.39, 0.29) is 6.10 Å². The van der Waals surface area contributed by atoms with Gasteiger partial charge in [0, 0.05) is 55.7 Å². The summed E-state index contributed by atoms with van der Waals surface area (Å²) in [4.78, 5) is 4.95. The van der Waals surface area contributed by atoms with Crippen molar-refractivity contribution in [2.45, 2.75) is 51.6 Å². The lowest BCUT2D eigenvalue weighted by molar-refractivity contribution is 0.157. The molecule has 1 fully saturated rings. The molecule has 0 atom stereocenters. The highest BCUT2D eigenvalue weighted by Gasteiger charge is 2.27. The summed E-state index contributed by atoms with van der Waals surface area (Å²) in [6.07, 6.45) is 6.75. The molecule has 332 valence electrons. The van der Waals surface area contributed by atoms with E-state index in [0.717, 1.165) is 70.1 Å². The molecule has 12 aromatic carbocycles. The molecule has 1 aliphatic carbocycles. The van der Waals surface area contributed by atoms with Gasteiger partial charge >= 0.3 is 0 Å². The van der Waals surface area contributed by atoms with Crippen molar-refractivity contribution in [3.8, 4) is 5.75 Å².